The molecule has 0 aliphatic carbocycles. The second-order valence-corrected chi connectivity index (χ2v) is 22.3. The van der Waals surface area contributed by atoms with Crippen molar-refractivity contribution in [3.8, 4) is 34.1 Å². The minimum atomic E-state index is -4.30. The zero-order chi connectivity index (χ0) is 52.7. The number of anilines is 4. The van der Waals surface area contributed by atoms with Gasteiger partial charge in [-0.05, 0) is 182 Å². The summed E-state index contributed by atoms with van der Waals surface area (Å²) in [6.07, 6.45) is 0. The summed E-state index contributed by atoms with van der Waals surface area (Å²) in [4.78, 5) is 25.0. The van der Waals surface area contributed by atoms with Gasteiger partial charge in [0.1, 0.15) is 42.6 Å². The summed E-state index contributed by atoms with van der Waals surface area (Å²) in [5, 5.41) is 10.4. The Morgan fingerprint density at radius 1 is 0.311 bits per heavy atom. The number of benzene rings is 8. The summed E-state index contributed by atoms with van der Waals surface area (Å²) in [7, 11) is -16.7. The molecule has 8 aromatic carbocycles. The molecule has 0 unspecified atom stereocenters. The number of amides is 4. The quantitative estimate of drug-likeness (QED) is 0.0619. The fourth-order valence-electron chi connectivity index (χ4n) is 6.83. The summed E-state index contributed by atoms with van der Waals surface area (Å²) in [6.45, 7) is 3.52. The molecule has 0 saturated carbocycles. The molecule has 0 atom stereocenters. The second kappa shape index (κ2) is 21.6. The van der Waals surface area contributed by atoms with Crippen molar-refractivity contribution >= 4 is 75.3 Å². The Morgan fingerprint density at radius 2 is 0.554 bits per heavy atom. The van der Waals surface area contributed by atoms with E-state index in [1.54, 1.807) is 38.1 Å². The van der Waals surface area contributed by atoms with E-state index in [-0.39, 0.29) is 42.6 Å². The molecule has 0 aromatic heterocycles. The number of hydrogen-bond acceptors (Lipinski definition) is 14. The van der Waals surface area contributed by atoms with E-state index >= 15 is 0 Å². The standard InChI is InChI=1S/C52H42N4O14S4/c1-35-5-3-7-49(33-35)73(63,64)69-45-25-17-41(18-26-45)55-51(57)53-39-13-21-43(22-14-39)67-71(59,60)47-29-9-37(10-30-47)38-11-31-48(32-12-38)72(61,62)68-44-23-15-40(16-24-44)54-52(58)56-42-19-27-46(28-20-42)70-74(65,66)50-8-4-6-36(2)34-50/h3-34H,1-2H3,(H2,53,55,57)(H2,54,56,58). The molecular weight excluding hydrogens is 1030 g/mol. The Bertz CT molecular complexity index is 3550. The van der Waals surface area contributed by atoms with Crippen LogP contribution in [0.3, 0.4) is 0 Å². The van der Waals surface area contributed by atoms with Crippen molar-refractivity contribution in [2.75, 3.05) is 21.3 Å². The molecule has 0 bridgehead atoms. The number of urea groups is 2. The Labute approximate surface area is 427 Å². The Balaban J connectivity index is 0.786. The molecule has 0 fully saturated rings. The first-order valence-electron chi connectivity index (χ1n) is 21.9. The van der Waals surface area contributed by atoms with Gasteiger partial charge in [0.05, 0.1) is 0 Å². The highest BCUT2D eigenvalue weighted by molar-refractivity contribution is 7.88. The third kappa shape index (κ3) is 13.4. The number of aryl methyl sites for hydroxylation is 2. The maximum Gasteiger partial charge on any atom is 0.339 e. The van der Waals surface area contributed by atoms with Crippen LogP contribution >= 0.6 is 0 Å². The number of carbonyl (C=O) groups excluding carboxylic acids is 2. The molecule has 8 rings (SSSR count). The average molecular weight is 1080 g/mol. The number of carbonyl (C=O) groups is 2. The Morgan fingerprint density at radius 3 is 0.797 bits per heavy atom. The van der Waals surface area contributed by atoms with E-state index in [2.05, 4.69) is 21.3 Å². The minimum Gasteiger partial charge on any atom is -0.379 e. The van der Waals surface area contributed by atoms with Gasteiger partial charge in [-0.15, -0.1) is 0 Å². The zero-order valence-electron chi connectivity index (χ0n) is 38.8. The molecule has 4 amide bonds. The predicted molar refractivity (Wildman–Crippen MR) is 277 cm³/mol. The molecular formula is C52H42N4O14S4. The third-order valence-corrected chi connectivity index (χ3v) is 15.5. The molecule has 18 nitrogen and oxygen atoms in total. The second-order valence-electron chi connectivity index (χ2n) is 16.1. The Kier molecular flexibility index (Phi) is 15.1. The summed E-state index contributed by atoms with van der Waals surface area (Å²) >= 11 is 0. The van der Waals surface area contributed by atoms with Gasteiger partial charge >= 0.3 is 52.5 Å². The fourth-order valence-corrected chi connectivity index (χ4v) is 10.8. The van der Waals surface area contributed by atoms with Gasteiger partial charge in [-0.25, -0.2) is 9.59 Å². The molecule has 0 aliphatic heterocycles. The predicted octanol–water partition coefficient (Wildman–Crippen LogP) is 10.3. The smallest absolute Gasteiger partial charge is 0.339 e. The molecule has 8 aromatic rings. The van der Waals surface area contributed by atoms with Crippen molar-refractivity contribution in [1.82, 2.24) is 0 Å². The summed E-state index contributed by atoms with van der Waals surface area (Å²) in [6, 6.07) is 45.3. The largest absolute Gasteiger partial charge is 0.379 e. The number of rotatable bonds is 17. The van der Waals surface area contributed by atoms with Gasteiger partial charge in [-0.1, -0.05) is 48.5 Å². The highest BCUT2D eigenvalue weighted by Crippen LogP contribution is 2.29. The lowest BCUT2D eigenvalue weighted by Gasteiger charge is -2.11. The monoisotopic (exact) mass is 1070 g/mol. The molecule has 4 N–H and O–H groups in total. The first-order chi connectivity index (χ1) is 35.2. The van der Waals surface area contributed by atoms with Crippen molar-refractivity contribution < 1.29 is 60.0 Å². The lowest BCUT2D eigenvalue weighted by molar-refractivity contribution is 0.261. The number of hydrogen-bond donors (Lipinski definition) is 4. The minimum absolute atomic E-state index is 0.00788. The van der Waals surface area contributed by atoms with Gasteiger partial charge in [0.2, 0.25) is 0 Å². The highest BCUT2D eigenvalue weighted by atomic mass is 32.2. The number of nitrogens with one attached hydrogen (secondary N) is 4. The molecule has 378 valence electrons. The molecule has 0 aliphatic rings. The van der Waals surface area contributed by atoms with E-state index in [1.165, 1.54) is 170 Å². The van der Waals surface area contributed by atoms with Crippen LogP contribution in [-0.2, 0) is 40.5 Å². The van der Waals surface area contributed by atoms with Gasteiger partial charge < -0.3 is 38.0 Å². The van der Waals surface area contributed by atoms with Gasteiger partial charge in [-0.3, -0.25) is 0 Å². The van der Waals surface area contributed by atoms with Crippen molar-refractivity contribution in [2.45, 2.75) is 33.4 Å². The molecule has 22 heteroatoms. The van der Waals surface area contributed by atoms with Crippen molar-refractivity contribution in [1.29, 1.82) is 0 Å². The van der Waals surface area contributed by atoms with E-state index in [1.807, 2.05) is 0 Å². The van der Waals surface area contributed by atoms with Gasteiger partial charge in [-0.2, -0.15) is 33.7 Å². The summed E-state index contributed by atoms with van der Waals surface area (Å²) in [5.74, 6) is 0.0263. The van der Waals surface area contributed by atoms with Crippen LogP contribution in [-0.4, -0.2) is 45.7 Å². The highest BCUT2D eigenvalue weighted by Gasteiger charge is 2.21. The van der Waals surface area contributed by atoms with E-state index in [4.69, 9.17) is 16.7 Å². The van der Waals surface area contributed by atoms with Crippen LogP contribution in [0.25, 0.3) is 11.1 Å². The van der Waals surface area contributed by atoms with Gasteiger partial charge in [0, 0.05) is 22.7 Å². The van der Waals surface area contributed by atoms with Crippen molar-refractivity contribution in [3.05, 3.63) is 205 Å². The van der Waals surface area contributed by atoms with E-state index in [0.717, 1.165) is 11.1 Å². The van der Waals surface area contributed by atoms with Crippen molar-refractivity contribution in [3.63, 3.8) is 0 Å². The first-order valence-corrected chi connectivity index (χ1v) is 27.5. The summed E-state index contributed by atoms with van der Waals surface area (Å²) in [5.41, 5.74) is 3.94. The zero-order valence-corrected chi connectivity index (χ0v) is 42.1. The van der Waals surface area contributed by atoms with Gasteiger partial charge in [0.15, 0.2) is 0 Å². The maximum absolute atomic E-state index is 13.2. The SMILES string of the molecule is Cc1cccc(S(=O)(=O)Oc2ccc(NC(=O)Nc3ccc(OS(=O)(=O)c4ccc(-c5ccc(S(=O)(=O)Oc6ccc(NC(=O)Nc7ccc(OS(=O)(=O)c8cccc(C)c8)cc7)cc6)cc5)cc4)cc3)cc2)c1. The normalized spacial score (nSPS) is 11.6. The van der Waals surface area contributed by atoms with Crippen LogP contribution in [0.4, 0.5) is 32.3 Å². The van der Waals surface area contributed by atoms with E-state index < -0.39 is 52.5 Å². The third-order valence-electron chi connectivity index (χ3n) is 10.4. The van der Waals surface area contributed by atoms with Crippen LogP contribution in [0.5, 0.6) is 23.0 Å². The first kappa shape index (κ1) is 51.6. The lowest BCUT2D eigenvalue weighted by atomic mass is 10.1. The lowest BCUT2D eigenvalue weighted by Crippen LogP contribution is -2.19. The van der Waals surface area contributed by atoms with Gasteiger partial charge in [0.25, 0.3) is 0 Å². The van der Waals surface area contributed by atoms with Crippen molar-refractivity contribution in [2.24, 2.45) is 0 Å². The van der Waals surface area contributed by atoms with Crippen LogP contribution < -0.4 is 38.0 Å². The molecule has 0 radical (unpaired) electrons. The van der Waals surface area contributed by atoms with Crippen LogP contribution in [0.2, 0.25) is 0 Å². The fraction of sp³-hybridized carbons (Fsp3) is 0.0385. The Hall–Kier alpha value is -8.70. The topological polar surface area (TPSA) is 256 Å². The average Bonchev–Trinajstić information content (AvgIpc) is 3.36. The van der Waals surface area contributed by atoms with E-state index in [9.17, 15) is 43.3 Å². The molecule has 0 spiro atoms. The maximum atomic E-state index is 13.2. The van der Waals surface area contributed by atoms with Crippen LogP contribution in [0.15, 0.2) is 214 Å². The molecule has 74 heavy (non-hydrogen) atoms. The van der Waals surface area contributed by atoms with E-state index in [0.29, 0.717) is 33.9 Å². The van der Waals surface area contributed by atoms with Crippen LogP contribution in [0, 0.1) is 13.8 Å². The molecule has 0 saturated heterocycles. The summed E-state index contributed by atoms with van der Waals surface area (Å²) < 4.78 is 124. The molecule has 0 heterocycles. The van der Waals surface area contributed by atoms with Crippen LogP contribution in [0.1, 0.15) is 11.1 Å².